The van der Waals surface area contributed by atoms with E-state index in [2.05, 4.69) is 14.4 Å². The normalized spacial score (nSPS) is 20.7. The molecule has 1 aliphatic rings. The van der Waals surface area contributed by atoms with Crippen LogP contribution in [-0.2, 0) is 11.2 Å². The third kappa shape index (κ3) is 1.06. The number of nitrogens with one attached hydrogen (secondary N) is 2. The zero-order valence-electron chi connectivity index (χ0n) is 5.90. The number of aromatic nitrogens is 1. The maximum atomic E-state index is 11.1. The van der Waals surface area contributed by atoms with E-state index in [0.29, 0.717) is 11.3 Å². The predicted octanol–water partition coefficient (Wildman–Crippen LogP) is -0.184. The molecule has 0 saturated carbocycles. The third-order valence-electron chi connectivity index (χ3n) is 1.45. The number of carbonyl (C=O) groups is 1. The molecule has 1 aliphatic heterocycles. The van der Waals surface area contributed by atoms with Crippen LogP contribution in [0.3, 0.4) is 0 Å². The highest BCUT2D eigenvalue weighted by Gasteiger charge is 2.19. The fraction of sp³-hybridized carbons (Fsp3) is 0. The number of fused-ring (bicyclic) bond motifs is 1. The minimum absolute atomic E-state index is 0.343. The summed E-state index contributed by atoms with van der Waals surface area (Å²) in [5.74, 6) is -0.343. The Kier molecular flexibility index (Phi) is 1.54. The van der Waals surface area contributed by atoms with Crippen molar-refractivity contribution in [2.24, 2.45) is 0 Å². The first-order valence-electron chi connectivity index (χ1n) is 3.21. The number of hydrogen-bond donors (Lipinski definition) is 2. The second-order valence-electron chi connectivity index (χ2n) is 2.22. The molecule has 5 nitrogen and oxygen atoms in total. The van der Waals surface area contributed by atoms with E-state index in [4.69, 9.17) is 0 Å². The van der Waals surface area contributed by atoms with Crippen LogP contribution >= 0.6 is 0 Å². The van der Waals surface area contributed by atoms with E-state index in [9.17, 15) is 9.00 Å². The Balaban J connectivity index is 2.54. The van der Waals surface area contributed by atoms with Gasteiger partial charge < -0.3 is 0 Å². The number of anilines is 1. The number of carbonyl (C=O) groups excluding carboxylic acids is 1. The van der Waals surface area contributed by atoms with Gasteiger partial charge in [0.15, 0.2) is 0 Å². The molecule has 0 aliphatic carbocycles. The van der Waals surface area contributed by atoms with Gasteiger partial charge in [-0.2, -0.15) is 0 Å². The fourth-order valence-corrected chi connectivity index (χ4v) is 1.63. The van der Waals surface area contributed by atoms with Crippen LogP contribution in [0, 0.1) is 0 Å². The summed E-state index contributed by atoms with van der Waals surface area (Å²) in [4.78, 5) is 14.9. The van der Waals surface area contributed by atoms with Crippen LogP contribution in [0.1, 0.15) is 10.4 Å². The average Bonchev–Trinajstić information content (AvgIpc) is 2.04. The summed E-state index contributed by atoms with van der Waals surface area (Å²) in [6.07, 6.45) is 2.97. The average molecular weight is 183 g/mol. The Hall–Kier alpha value is -1.43. The Labute approximate surface area is 70.9 Å². The van der Waals surface area contributed by atoms with Gasteiger partial charge in [0.2, 0.25) is 11.2 Å². The number of hydrogen-bond acceptors (Lipinski definition) is 3. The summed E-state index contributed by atoms with van der Waals surface area (Å²) in [6.45, 7) is 0. The van der Waals surface area contributed by atoms with Crippen LogP contribution < -0.4 is 9.44 Å². The Bertz CT molecular complexity index is 366. The minimum Gasteiger partial charge on any atom is -0.285 e. The molecule has 2 rings (SSSR count). The molecule has 1 atom stereocenters. The SMILES string of the molecule is O=C1N[S@@](=O)Nc2cnccc21. The molecule has 0 spiro atoms. The van der Waals surface area contributed by atoms with Gasteiger partial charge >= 0.3 is 0 Å². The molecule has 0 bridgehead atoms. The van der Waals surface area contributed by atoms with Gasteiger partial charge in [-0.25, -0.2) is 4.21 Å². The molecule has 1 aromatic heterocycles. The van der Waals surface area contributed by atoms with E-state index in [1.54, 1.807) is 6.07 Å². The van der Waals surface area contributed by atoms with Gasteiger partial charge in [-0.3, -0.25) is 19.2 Å². The number of nitrogens with zero attached hydrogens (tertiary/aromatic N) is 1. The van der Waals surface area contributed by atoms with E-state index in [1.807, 2.05) is 0 Å². The standard InChI is InChI=1S/C6H5N3O2S/c10-6-4-1-2-7-3-5(4)8-12(11)9-6/h1-3,8H,(H,9,10)/t12-/m0/s1. The molecule has 2 heterocycles. The first kappa shape index (κ1) is 7.23. The first-order chi connectivity index (χ1) is 5.77. The molecular weight excluding hydrogens is 178 g/mol. The zero-order chi connectivity index (χ0) is 8.55. The fourth-order valence-electron chi connectivity index (χ4n) is 0.938. The summed E-state index contributed by atoms with van der Waals surface area (Å²) >= 11 is -1.52. The van der Waals surface area contributed by atoms with Crippen molar-refractivity contribution >= 4 is 22.8 Å². The Morgan fingerprint density at radius 2 is 2.25 bits per heavy atom. The monoisotopic (exact) mass is 183 g/mol. The van der Waals surface area contributed by atoms with Crippen molar-refractivity contribution in [2.75, 3.05) is 4.72 Å². The van der Waals surface area contributed by atoms with Gasteiger partial charge in [-0.1, -0.05) is 0 Å². The maximum absolute atomic E-state index is 11.1. The van der Waals surface area contributed by atoms with Gasteiger partial charge in [0.1, 0.15) is 0 Å². The largest absolute Gasteiger partial charge is 0.285 e. The van der Waals surface area contributed by atoms with Crippen LogP contribution in [0.5, 0.6) is 0 Å². The van der Waals surface area contributed by atoms with Crippen LogP contribution in [0.25, 0.3) is 0 Å². The second-order valence-corrected chi connectivity index (χ2v) is 3.17. The van der Waals surface area contributed by atoms with Crippen LogP contribution in [0.15, 0.2) is 18.5 Å². The van der Waals surface area contributed by atoms with Crippen LogP contribution in [-0.4, -0.2) is 15.1 Å². The van der Waals surface area contributed by atoms with Crippen molar-refractivity contribution in [3.63, 3.8) is 0 Å². The lowest BCUT2D eigenvalue weighted by Gasteiger charge is -2.15. The third-order valence-corrected chi connectivity index (χ3v) is 2.23. The number of rotatable bonds is 0. The lowest BCUT2D eigenvalue weighted by molar-refractivity contribution is 0.0982. The molecule has 12 heavy (non-hydrogen) atoms. The molecule has 0 aromatic carbocycles. The van der Waals surface area contributed by atoms with Crippen molar-refractivity contribution in [2.45, 2.75) is 0 Å². The summed E-state index contributed by atoms with van der Waals surface area (Å²) in [5.41, 5.74) is 0.962. The van der Waals surface area contributed by atoms with Crippen LogP contribution in [0.4, 0.5) is 5.69 Å². The summed E-state index contributed by atoms with van der Waals surface area (Å²) in [6, 6.07) is 1.56. The van der Waals surface area contributed by atoms with Crippen molar-refractivity contribution in [3.05, 3.63) is 24.0 Å². The molecule has 62 valence electrons. The highest BCUT2D eigenvalue weighted by molar-refractivity contribution is 7.85. The van der Waals surface area contributed by atoms with E-state index in [-0.39, 0.29) is 5.91 Å². The van der Waals surface area contributed by atoms with Gasteiger partial charge in [0.05, 0.1) is 17.4 Å². The van der Waals surface area contributed by atoms with Gasteiger partial charge in [0, 0.05) is 6.20 Å². The van der Waals surface area contributed by atoms with Gasteiger partial charge in [-0.15, -0.1) is 0 Å². The second kappa shape index (κ2) is 2.56. The van der Waals surface area contributed by atoms with Crippen molar-refractivity contribution in [3.8, 4) is 0 Å². The quantitative estimate of drug-likeness (QED) is 0.586. The zero-order valence-corrected chi connectivity index (χ0v) is 6.72. The topological polar surface area (TPSA) is 71.1 Å². The molecule has 0 saturated heterocycles. The summed E-state index contributed by atoms with van der Waals surface area (Å²) in [5, 5.41) is 0. The summed E-state index contributed by atoms with van der Waals surface area (Å²) in [7, 11) is 0. The lowest BCUT2D eigenvalue weighted by atomic mass is 10.2. The first-order valence-corrected chi connectivity index (χ1v) is 4.36. The molecule has 1 aromatic rings. The highest BCUT2D eigenvalue weighted by atomic mass is 32.2. The van der Waals surface area contributed by atoms with Gasteiger partial charge in [0.25, 0.3) is 5.91 Å². The molecule has 0 unspecified atom stereocenters. The molecule has 6 heteroatoms. The van der Waals surface area contributed by atoms with Gasteiger partial charge in [-0.05, 0) is 6.07 Å². The van der Waals surface area contributed by atoms with E-state index < -0.39 is 11.2 Å². The Morgan fingerprint density at radius 3 is 3.08 bits per heavy atom. The highest BCUT2D eigenvalue weighted by Crippen LogP contribution is 2.16. The molecule has 0 radical (unpaired) electrons. The Morgan fingerprint density at radius 1 is 1.42 bits per heavy atom. The van der Waals surface area contributed by atoms with Crippen molar-refractivity contribution in [1.82, 2.24) is 9.71 Å². The number of amides is 1. The molecule has 2 N–H and O–H groups in total. The van der Waals surface area contributed by atoms with Crippen molar-refractivity contribution < 1.29 is 9.00 Å². The minimum atomic E-state index is -1.52. The van der Waals surface area contributed by atoms with Crippen molar-refractivity contribution in [1.29, 1.82) is 0 Å². The van der Waals surface area contributed by atoms with E-state index >= 15 is 0 Å². The number of pyridine rings is 1. The van der Waals surface area contributed by atoms with E-state index in [0.717, 1.165) is 0 Å². The summed E-state index contributed by atoms with van der Waals surface area (Å²) < 4.78 is 15.7. The molecule has 1 amide bonds. The molecule has 0 fully saturated rings. The smallest absolute Gasteiger partial charge is 0.266 e. The molecular formula is C6H5N3O2S. The van der Waals surface area contributed by atoms with Crippen LogP contribution in [0.2, 0.25) is 0 Å². The maximum Gasteiger partial charge on any atom is 0.266 e. The van der Waals surface area contributed by atoms with E-state index in [1.165, 1.54) is 12.4 Å². The predicted molar refractivity (Wildman–Crippen MR) is 43.5 cm³/mol. The lowest BCUT2D eigenvalue weighted by Crippen LogP contribution is -2.35.